The summed E-state index contributed by atoms with van der Waals surface area (Å²) in [4.78, 5) is 17.3. The van der Waals surface area contributed by atoms with E-state index in [0.29, 0.717) is 5.69 Å². The molecule has 5 heteroatoms. The lowest BCUT2D eigenvalue weighted by molar-refractivity contribution is 0.0939. The summed E-state index contributed by atoms with van der Waals surface area (Å²) in [6.07, 6.45) is 1.72. The second-order valence-electron chi connectivity index (χ2n) is 5.69. The maximum atomic E-state index is 12.9. The molecular weight excluding hydrogens is 312 g/mol. The van der Waals surface area contributed by atoms with E-state index < -0.39 is 0 Å². The zero-order valence-electron chi connectivity index (χ0n) is 13.4. The predicted molar refractivity (Wildman–Crippen MR) is 96.1 cm³/mol. The first-order valence-electron chi connectivity index (χ1n) is 8.03. The van der Waals surface area contributed by atoms with Crippen molar-refractivity contribution in [2.24, 2.45) is 0 Å². The molecule has 0 saturated carbocycles. The Kier molecular flexibility index (Phi) is 3.96. The second-order valence-corrected chi connectivity index (χ2v) is 5.69. The van der Waals surface area contributed by atoms with Crippen LogP contribution in [0.1, 0.15) is 27.8 Å². The third-order valence-corrected chi connectivity index (χ3v) is 4.08. The van der Waals surface area contributed by atoms with Crippen molar-refractivity contribution in [1.29, 1.82) is 0 Å². The first kappa shape index (κ1) is 15.1. The van der Waals surface area contributed by atoms with Gasteiger partial charge in [-0.3, -0.25) is 14.9 Å². The molecule has 0 radical (unpaired) electrons. The van der Waals surface area contributed by atoms with Crippen LogP contribution < -0.4 is 5.32 Å². The van der Waals surface area contributed by atoms with E-state index in [1.165, 1.54) is 0 Å². The Labute approximate surface area is 144 Å². The van der Waals surface area contributed by atoms with Crippen LogP contribution in [0.15, 0.2) is 79.0 Å². The Morgan fingerprint density at radius 2 is 1.68 bits per heavy atom. The van der Waals surface area contributed by atoms with Gasteiger partial charge in [0.15, 0.2) is 5.69 Å². The van der Waals surface area contributed by atoms with Gasteiger partial charge in [-0.15, -0.1) is 0 Å². The highest BCUT2D eigenvalue weighted by atomic mass is 16.2. The number of carbonyl (C=O) groups excluding carboxylic acids is 1. The van der Waals surface area contributed by atoms with Crippen molar-refractivity contribution in [3.63, 3.8) is 0 Å². The van der Waals surface area contributed by atoms with Crippen molar-refractivity contribution in [3.05, 3.63) is 95.9 Å². The Hall–Kier alpha value is -3.47. The number of carbonyl (C=O) groups is 1. The molecule has 4 rings (SSSR count). The van der Waals surface area contributed by atoms with E-state index >= 15 is 0 Å². The summed E-state index contributed by atoms with van der Waals surface area (Å²) in [5.74, 6) is -0.239. The topological polar surface area (TPSA) is 70.7 Å². The highest BCUT2D eigenvalue weighted by Crippen LogP contribution is 2.22. The number of aromatic nitrogens is 3. The Balaban J connectivity index is 1.70. The zero-order valence-corrected chi connectivity index (χ0v) is 13.4. The van der Waals surface area contributed by atoms with Crippen LogP contribution >= 0.6 is 0 Å². The van der Waals surface area contributed by atoms with Gasteiger partial charge in [0.2, 0.25) is 0 Å². The van der Waals surface area contributed by atoms with Crippen LogP contribution in [-0.4, -0.2) is 21.1 Å². The van der Waals surface area contributed by atoms with Crippen LogP contribution in [0.25, 0.3) is 10.9 Å². The lowest BCUT2D eigenvalue weighted by atomic mass is 10.0. The average Bonchev–Trinajstić information content (AvgIpc) is 3.11. The van der Waals surface area contributed by atoms with Crippen molar-refractivity contribution >= 4 is 16.8 Å². The quantitative estimate of drug-likeness (QED) is 0.602. The van der Waals surface area contributed by atoms with Crippen LogP contribution in [0.4, 0.5) is 0 Å². The number of para-hydroxylation sites is 1. The number of fused-ring (bicyclic) bond motifs is 1. The molecule has 2 heterocycles. The van der Waals surface area contributed by atoms with Gasteiger partial charge in [0, 0.05) is 11.6 Å². The van der Waals surface area contributed by atoms with Crippen molar-refractivity contribution in [2.75, 3.05) is 0 Å². The van der Waals surface area contributed by atoms with E-state index in [1.54, 1.807) is 6.20 Å². The summed E-state index contributed by atoms with van der Waals surface area (Å²) >= 11 is 0. The van der Waals surface area contributed by atoms with Crippen LogP contribution in [0.3, 0.4) is 0 Å². The van der Waals surface area contributed by atoms with Crippen LogP contribution in [0, 0.1) is 0 Å². The van der Waals surface area contributed by atoms with E-state index in [1.807, 2.05) is 72.8 Å². The number of amides is 1. The number of nitrogens with one attached hydrogen (secondary N) is 2. The summed E-state index contributed by atoms with van der Waals surface area (Å²) < 4.78 is 0. The van der Waals surface area contributed by atoms with Crippen molar-refractivity contribution in [2.45, 2.75) is 6.04 Å². The van der Waals surface area contributed by atoms with Gasteiger partial charge in [-0.2, -0.15) is 5.10 Å². The molecule has 0 fully saturated rings. The normalized spacial score (nSPS) is 12.0. The van der Waals surface area contributed by atoms with E-state index in [2.05, 4.69) is 20.5 Å². The summed E-state index contributed by atoms with van der Waals surface area (Å²) in [6.45, 7) is 0. The minimum Gasteiger partial charge on any atom is -0.338 e. The van der Waals surface area contributed by atoms with E-state index in [0.717, 1.165) is 22.2 Å². The maximum absolute atomic E-state index is 12.9. The van der Waals surface area contributed by atoms with Gasteiger partial charge in [0.05, 0.1) is 17.3 Å². The lowest BCUT2D eigenvalue weighted by Crippen LogP contribution is -2.30. The molecular formula is C20H16N4O. The highest BCUT2D eigenvalue weighted by molar-refractivity contribution is 6.04. The number of nitrogens with zero attached hydrogens (tertiary/aromatic N) is 2. The zero-order chi connectivity index (χ0) is 17.1. The molecule has 2 aromatic carbocycles. The molecule has 2 aromatic heterocycles. The molecule has 0 aliphatic heterocycles. The van der Waals surface area contributed by atoms with E-state index in [9.17, 15) is 4.79 Å². The SMILES string of the molecule is O=C(NC(c1ccccc1)c1ccccn1)c1n[nH]c2ccccc12. The molecule has 0 aliphatic rings. The first-order chi connectivity index (χ1) is 12.3. The fraction of sp³-hybridized carbons (Fsp3) is 0.0500. The molecule has 0 saturated heterocycles. The molecule has 0 bridgehead atoms. The predicted octanol–water partition coefficient (Wildman–Crippen LogP) is 3.48. The Bertz CT molecular complexity index is 956. The monoisotopic (exact) mass is 328 g/mol. The van der Waals surface area contributed by atoms with Crippen LogP contribution in [-0.2, 0) is 0 Å². The van der Waals surface area contributed by atoms with Crippen molar-refractivity contribution in [1.82, 2.24) is 20.5 Å². The fourth-order valence-corrected chi connectivity index (χ4v) is 2.86. The minimum atomic E-state index is -0.342. The standard InChI is InChI=1S/C20H16N4O/c25-20(19-15-10-4-5-11-16(15)23-24-19)22-18(14-8-2-1-3-9-14)17-12-6-7-13-21-17/h1-13,18H,(H,22,25)(H,23,24). The second kappa shape index (κ2) is 6.57. The van der Waals surface area contributed by atoms with Crippen LogP contribution in [0.2, 0.25) is 0 Å². The molecule has 0 spiro atoms. The number of aromatic amines is 1. The lowest BCUT2D eigenvalue weighted by Gasteiger charge is -2.18. The maximum Gasteiger partial charge on any atom is 0.273 e. The van der Waals surface area contributed by atoms with Gasteiger partial charge < -0.3 is 5.32 Å². The van der Waals surface area contributed by atoms with Gasteiger partial charge in [-0.1, -0.05) is 54.6 Å². The van der Waals surface area contributed by atoms with E-state index in [4.69, 9.17) is 0 Å². The van der Waals surface area contributed by atoms with Gasteiger partial charge in [0.1, 0.15) is 0 Å². The average molecular weight is 328 g/mol. The summed E-state index contributed by atoms with van der Waals surface area (Å²) in [5, 5.41) is 10.9. The number of pyridine rings is 1. The minimum absolute atomic E-state index is 0.239. The molecule has 2 N–H and O–H groups in total. The third-order valence-electron chi connectivity index (χ3n) is 4.08. The van der Waals surface area contributed by atoms with Gasteiger partial charge in [-0.05, 0) is 23.8 Å². The Morgan fingerprint density at radius 3 is 2.48 bits per heavy atom. The Morgan fingerprint density at radius 1 is 0.920 bits per heavy atom. The van der Waals surface area contributed by atoms with E-state index in [-0.39, 0.29) is 11.9 Å². The van der Waals surface area contributed by atoms with Crippen molar-refractivity contribution in [3.8, 4) is 0 Å². The number of rotatable bonds is 4. The number of hydrogen-bond donors (Lipinski definition) is 2. The van der Waals surface area contributed by atoms with Gasteiger partial charge in [0.25, 0.3) is 5.91 Å². The largest absolute Gasteiger partial charge is 0.338 e. The molecule has 25 heavy (non-hydrogen) atoms. The molecule has 1 amide bonds. The summed E-state index contributed by atoms with van der Waals surface area (Å²) in [5.41, 5.74) is 2.96. The molecule has 1 unspecified atom stereocenters. The molecule has 5 nitrogen and oxygen atoms in total. The molecule has 1 atom stereocenters. The smallest absolute Gasteiger partial charge is 0.273 e. The third kappa shape index (κ3) is 2.99. The first-order valence-corrected chi connectivity index (χ1v) is 8.03. The number of benzene rings is 2. The van der Waals surface area contributed by atoms with Crippen LogP contribution in [0.5, 0.6) is 0 Å². The highest BCUT2D eigenvalue weighted by Gasteiger charge is 2.21. The summed E-state index contributed by atoms with van der Waals surface area (Å²) in [6, 6.07) is 22.7. The fourth-order valence-electron chi connectivity index (χ4n) is 2.86. The van der Waals surface area contributed by atoms with Crippen molar-refractivity contribution < 1.29 is 4.79 Å². The molecule has 122 valence electrons. The summed E-state index contributed by atoms with van der Waals surface area (Å²) in [7, 11) is 0. The number of hydrogen-bond acceptors (Lipinski definition) is 3. The van der Waals surface area contributed by atoms with Gasteiger partial charge >= 0.3 is 0 Å². The molecule has 0 aliphatic carbocycles. The number of H-pyrrole nitrogens is 1. The molecule has 4 aromatic rings. The van der Waals surface area contributed by atoms with Gasteiger partial charge in [-0.25, -0.2) is 0 Å².